The fourth-order valence-electron chi connectivity index (χ4n) is 2.32. The Labute approximate surface area is 138 Å². The molecule has 0 spiro atoms. The molecule has 3 rings (SSSR count). The Bertz CT molecular complexity index is 930. The highest BCUT2D eigenvalue weighted by Gasteiger charge is 2.10. The Balaban J connectivity index is 1.73. The summed E-state index contributed by atoms with van der Waals surface area (Å²) in [4.78, 5) is 32.9. The maximum Gasteiger partial charge on any atom is 0.338 e. The van der Waals surface area contributed by atoms with Gasteiger partial charge in [-0.1, -0.05) is 12.1 Å². The van der Waals surface area contributed by atoms with Gasteiger partial charge in [0.05, 0.1) is 16.5 Å². The molecular weight excluding hydrogens is 306 g/mol. The lowest BCUT2D eigenvalue weighted by atomic mass is 10.2. The third kappa shape index (κ3) is 3.27. The Morgan fingerprint density at radius 1 is 1.12 bits per heavy atom. The van der Waals surface area contributed by atoms with E-state index < -0.39 is 5.97 Å². The smallest absolute Gasteiger partial charge is 0.338 e. The molecule has 0 amide bonds. The van der Waals surface area contributed by atoms with Gasteiger partial charge in [-0.25, -0.2) is 9.78 Å². The van der Waals surface area contributed by atoms with Crippen molar-refractivity contribution in [1.29, 1.82) is 0 Å². The van der Waals surface area contributed by atoms with Crippen LogP contribution < -0.4 is 10.5 Å². The highest BCUT2D eigenvalue weighted by Crippen LogP contribution is 2.13. The number of para-hydroxylation sites is 1. The lowest BCUT2D eigenvalue weighted by molar-refractivity contribution is 0.0462. The number of ether oxygens (including phenoxy) is 1. The number of rotatable bonds is 4. The van der Waals surface area contributed by atoms with E-state index in [2.05, 4.69) is 9.97 Å². The van der Waals surface area contributed by atoms with E-state index in [1.807, 2.05) is 31.1 Å². The van der Waals surface area contributed by atoms with Crippen LogP contribution in [0.5, 0.6) is 0 Å². The molecule has 0 atom stereocenters. The van der Waals surface area contributed by atoms with Crippen LogP contribution in [0.15, 0.2) is 53.3 Å². The van der Waals surface area contributed by atoms with Gasteiger partial charge >= 0.3 is 5.97 Å². The SMILES string of the molecule is CN(C)c1ccc(C(=O)OCc2nc3ccccc3c(=O)[nH]2)cc1. The molecule has 0 unspecified atom stereocenters. The zero-order valence-electron chi connectivity index (χ0n) is 13.4. The van der Waals surface area contributed by atoms with Crippen LogP contribution >= 0.6 is 0 Å². The number of H-pyrrole nitrogens is 1. The summed E-state index contributed by atoms with van der Waals surface area (Å²) in [5.74, 6) is -0.145. The molecule has 0 aliphatic heterocycles. The van der Waals surface area contributed by atoms with Crippen molar-refractivity contribution in [2.45, 2.75) is 6.61 Å². The average molecular weight is 323 g/mol. The molecule has 0 bridgehead atoms. The first-order valence-electron chi connectivity index (χ1n) is 7.47. The second-order valence-corrected chi connectivity index (χ2v) is 5.55. The van der Waals surface area contributed by atoms with E-state index >= 15 is 0 Å². The standard InChI is InChI=1S/C18H17N3O3/c1-21(2)13-9-7-12(8-10-13)18(23)24-11-16-19-15-6-4-3-5-14(15)17(22)20-16/h3-10H,11H2,1-2H3,(H,19,20,22). The maximum absolute atomic E-state index is 12.1. The summed E-state index contributed by atoms with van der Waals surface area (Å²) in [6, 6.07) is 14.1. The van der Waals surface area contributed by atoms with E-state index in [0.717, 1.165) is 5.69 Å². The molecular formula is C18H17N3O3. The summed E-state index contributed by atoms with van der Waals surface area (Å²) < 4.78 is 5.23. The zero-order valence-corrected chi connectivity index (χ0v) is 13.4. The normalized spacial score (nSPS) is 10.6. The lowest BCUT2D eigenvalue weighted by Gasteiger charge is -2.12. The van der Waals surface area contributed by atoms with Gasteiger partial charge in [-0.15, -0.1) is 0 Å². The van der Waals surface area contributed by atoms with Gasteiger partial charge in [0.2, 0.25) is 0 Å². The third-order valence-corrected chi connectivity index (χ3v) is 3.62. The number of carbonyl (C=O) groups is 1. The van der Waals surface area contributed by atoms with Crippen molar-refractivity contribution in [1.82, 2.24) is 9.97 Å². The molecule has 24 heavy (non-hydrogen) atoms. The van der Waals surface area contributed by atoms with Gasteiger partial charge in [0.15, 0.2) is 0 Å². The second kappa shape index (κ2) is 6.54. The predicted molar refractivity (Wildman–Crippen MR) is 92.3 cm³/mol. The van der Waals surface area contributed by atoms with E-state index in [4.69, 9.17) is 4.74 Å². The van der Waals surface area contributed by atoms with E-state index in [1.165, 1.54) is 0 Å². The van der Waals surface area contributed by atoms with Crippen molar-refractivity contribution in [3.05, 3.63) is 70.3 Å². The van der Waals surface area contributed by atoms with E-state index in [0.29, 0.717) is 22.3 Å². The van der Waals surface area contributed by atoms with Crippen LogP contribution in [0.25, 0.3) is 10.9 Å². The Morgan fingerprint density at radius 2 is 1.83 bits per heavy atom. The Morgan fingerprint density at radius 3 is 2.54 bits per heavy atom. The number of aromatic amines is 1. The number of nitrogens with one attached hydrogen (secondary N) is 1. The molecule has 0 saturated heterocycles. The first-order valence-corrected chi connectivity index (χ1v) is 7.47. The van der Waals surface area contributed by atoms with Crippen molar-refractivity contribution >= 4 is 22.6 Å². The molecule has 6 heteroatoms. The van der Waals surface area contributed by atoms with Crippen molar-refractivity contribution < 1.29 is 9.53 Å². The number of benzene rings is 2. The van der Waals surface area contributed by atoms with Gasteiger partial charge in [-0.05, 0) is 36.4 Å². The van der Waals surface area contributed by atoms with Crippen molar-refractivity contribution in [3.8, 4) is 0 Å². The highest BCUT2D eigenvalue weighted by atomic mass is 16.5. The van der Waals surface area contributed by atoms with Crippen LogP contribution in [-0.4, -0.2) is 30.0 Å². The third-order valence-electron chi connectivity index (χ3n) is 3.62. The van der Waals surface area contributed by atoms with Crippen molar-refractivity contribution in [2.24, 2.45) is 0 Å². The summed E-state index contributed by atoms with van der Waals surface area (Å²) >= 11 is 0. The van der Waals surface area contributed by atoms with Gasteiger partial charge in [0, 0.05) is 19.8 Å². The monoisotopic (exact) mass is 323 g/mol. The molecule has 3 aromatic rings. The number of nitrogens with zero attached hydrogens (tertiary/aromatic N) is 2. The summed E-state index contributed by atoms with van der Waals surface area (Å²) in [5, 5.41) is 0.506. The number of carbonyl (C=O) groups excluding carboxylic acids is 1. The minimum atomic E-state index is -0.462. The fraction of sp³-hybridized carbons (Fsp3) is 0.167. The van der Waals surface area contributed by atoms with Crippen LogP contribution in [0.3, 0.4) is 0 Å². The van der Waals surface area contributed by atoms with E-state index in [1.54, 1.807) is 36.4 Å². The molecule has 0 fully saturated rings. The molecule has 1 aromatic heterocycles. The van der Waals surface area contributed by atoms with E-state index in [-0.39, 0.29) is 12.2 Å². The predicted octanol–water partition coefficient (Wildman–Crippen LogP) is 2.35. The van der Waals surface area contributed by atoms with Crippen LogP contribution in [0, 0.1) is 0 Å². The summed E-state index contributed by atoms with van der Waals surface area (Å²) in [5.41, 5.74) is 1.76. The molecule has 0 aliphatic carbocycles. The Hall–Kier alpha value is -3.15. The van der Waals surface area contributed by atoms with E-state index in [9.17, 15) is 9.59 Å². The van der Waals surface area contributed by atoms with Gasteiger partial charge in [0.1, 0.15) is 12.4 Å². The number of esters is 1. The van der Waals surface area contributed by atoms with Crippen LogP contribution in [0.2, 0.25) is 0 Å². The van der Waals surface area contributed by atoms with Crippen LogP contribution in [0.1, 0.15) is 16.2 Å². The average Bonchev–Trinajstić information content (AvgIpc) is 2.60. The highest BCUT2D eigenvalue weighted by molar-refractivity contribution is 5.89. The fourth-order valence-corrected chi connectivity index (χ4v) is 2.32. The summed E-state index contributed by atoms with van der Waals surface area (Å²) in [6.07, 6.45) is 0. The first-order chi connectivity index (χ1) is 11.5. The molecule has 1 heterocycles. The molecule has 6 nitrogen and oxygen atoms in total. The lowest BCUT2D eigenvalue weighted by Crippen LogP contribution is -2.14. The second-order valence-electron chi connectivity index (χ2n) is 5.55. The maximum atomic E-state index is 12.1. The number of fused-ring (bicyclic) bond motifs is 1. The molecule has 0 radical (unpaired) electrons. The van der Waals surface area contributed by atoms with Crippen LogP contribution in [-0.2, 0) is 11.3 Å². The van der Waals surface area contributed by atoms with Gasteiger partial charge in [0.25, 0.3) is 5.56 Å². The largest absolute Gasteiger partial charge is 0.454 e. The van der Waals surface area contributed by atoms with Crippen molar-refractivity contribution in [2.75, 3.05) is 19.0 Å². The first kappa shape index (κ1) is 15.7. The molecule has 122 valence electrons. The Kier molecular flexibility index (Phi) is 4.29. The number of hydrogen-bond donors (Lipinski definition) is 1. The van der Waals surface area contributed by atoms with Crippen LogP contribution in [0.4, 0.5) is 5.69 Å². The van der Waals surface area contributed by atoms with Gasteiger partial charge in [-0.3, -0.25) is 4.79 Å². The number of aromatic nitrogens is 2. The molecule has 0 aliphatic rings. The zero-order chi connectivity index (χ0) is 17.1. The number of hydrogen-bond acceptors (Lipinski definition) is 5. The molecule has 0 saturated carbocycles. The molecule has 1 N–H and O–H groups in total. The summed E-state index contributed by atoms with van der Waals surface area (Å²) in [7, 11) is 3.85. The topological polar surface area (TPSA) is 75.3 Å². The summed E-state index contributed by atoms with van der Waals surface area (Å²) in [6.45, 7) is -0.0889. The van der Waals surface area contributed by atoms with Gasteiger partial charge in [-0.2, -0.15) is 0 Å². The molecule has 2 aromatic carbocycles. The van der Waals surface area contributed by atoms with Crippen molar-refractivity contribution in [3.63, 3.8) is 0 Å². The number of anilines is 1. The minimum Gasteiger partial charge on any atom is -0.454 e. The van der Waals surface area contributed by atoms with Gasteiger partial charge < -0.3 is 14.6 Å². The quantitative estimate of drug-likeness (QED) is 0.746. The minimum absolute atomic E-state index is 0.0889.